The van der Waals surface area contributed by atoms with E-state index in [1.54, 1.807) is 0 Å². The number of pyridine rings is 1. The number of fused-ring (bicyclic) bond motifs is 1. The molecule has 0 aliphatic carbocycles. The molecule has 1 aromatic carbocycles. The molecule has 0 amide bonds. The Kier molecular flexibility index (Phi) is 4.30. The van der Waals surface area contributed by atoms with Crippen molar-refractivity contribution in [3.63, 3.8) is 0 Å². The Morgan fingerprint density at radius 1 is 1.16 bits per heavy atom. The van der Waals surface area contributed by atoms with Crippen molar-refractivity contribution >= 4 is 0 Å². The Morgan fingerprint density at radius 3 is 2.48 bits per heavy atom. The van der Waals surface area contributed by atoms with Crippen LogP contribution in [0.2, 0.25) is 0 Å². The molecule has 134 valence electrons. The highest BCUT2D eigenvalue weighted by Crippen LogP contribution is 2.44. The van der Waals surface area contributed by atoms with Crippen LogP contribution in [0, 0.1) is 0 Å². The van der Waals surface area contributed by atoms with E-state index in [0.717, 1.165) is 18.2 Å². The van der Waals surface area contributed by atoms with Crippen LogP contribution in [0.15, 0.2) is 47.4 Å². The topological polar surface area (TPSA) is 31.2 Å². The highest BCUT2D eigenvalue weighted by atomic mass is 19.4. The van der Waals surface area contributed by atoms with Gasteiger partial charge in [-0.1, -0.05) is 6.07 Å². The number of rotatable bonds is 3. The first-order valence-corrected chi connectivity index (χ1v) is 7.49. The molecule has 0 N–H and O–H groups in total. The van der Waals surface area contributed by atoms with Crippen molar-refractivity contribution in [2.24, 2.45) is 0 Å². The van der Waals surface area contributed by atoms with E-state index in [2.05, 4.69) is 0 Å². The van der Waals surface area contributed by atoms with Crippen LogP contribution in [-0.2, 0) is 6.18 Å². The Hall–Kier alpha value is -2.38. The third-order valence-electron chi connectivity index (χ3n) is 4.26. The Bertz CT molecular complexity index is 826. The maximum absolute atomic E-state index is 13.5. The van der Waals surface area contributed by atoms with Crippen molar-refractivity contribution in [1.82, 2.24) is 4.57 Å². The summed E-state index contributed by atoms with van der Waals surface area (Å²) in [6.07, 6.45) is -3.50. The largest absolute Gasteiger partial charge is 0.481 e. The van der Waals surface area contributed by atoms with Crippen molar-refractivity contribution in [1.29, 1.82) is 0 Å². The Labute approximate surface area is 139 Å². The van der Waals surface area contributed by atoms with E-state index in [1.165, 1.54) is 29.0 Å². The van der Waals surface area contributed by atoms with Crippen LogP contribution in [0.5, 0.6) is 5.75 Å². The lowest BCUT2D eigenvalue weighted by Crippen LogP contribution is -2.47. The molecule has 1 aromatic heterocycles. The third kappa shape index (κ3) is 3.12. The number of hydrogen-bond acceptors (Lipinski definition) is 2. The normalized spacial score (nSPS) is 19.2. The quantitative estimate of drug-likeness (QED) is 0.778. The second-order valence-corrected chi connectivity index (χ2v) is 5.97. The smallest absolute Gasteiger partial charge is 0.416 e. The van der Waals surface area contributed by atoms with Gasteiger partial charge in [0.15, 0.2) is 5.60 Å². The molecule has 0 saturated carbocycles. The molecule has 3 rings (SSSR count). The average Bonchev–Trinajstić information content (AvgIpc) is 2.60. The first-order valence-electron chi connectivity index (χ1n) is 7.49. The van der Waals surface area contributed by atoms with Crippen LogP contribution in [0.3, 0.4) is 0 Å². The summed E-state index contributed by atoms with van der Waals surface area (Å²) in [7, 11) is 0. The fourth-order valence-corrected chi connectivity index (χ4v) is 2.96. The van der Waals surface area contributed by atoms with Crippen LogP contribution >= 0.6 is 0 Å². The minimum Gasteiger partial charge on any atom is -0.481 e. The summed E-state index contributed by atoms with van der Waals surface area (Å²) in [5, 5.41) is 0. The third-order valence-corrected chi connectivity index (χ3v) is 4.26. The zero-order valence-corrected chi connectivity index (χ0v) is 12.9. The SMILES string of the molecule is O=c1ccccn1C1CC(CF)(CF)Oc2ccc(C(F)(F)F)cc21. The van der Waals surface area contributed by atoms with Crippen LogP contribution in [0.1, 0.15) is 23.6 Å². The van der Waals surface area contributed by atoms with Gasteiger partial charge in [-0.15, -0.1) is 0 Å². The van der Waals surface area contributed by atoms with Gasteiger partial charge in [-0.25, -0.2) is 8.78 Å². The number of ether oxygens (including phenoxy) is 1. The van der Waals surface area contributed by atoms with E-state index < -0.39 is 42.3 Å². The molecule has 1 unspecified atom stereocenters. The predicted octanol–water partition coefficient (Wildman–Crippen LogP) is 3.92. The summed E-state index contributed by atoms with van der Waals surface area (Å²) < 4.78 is 72.5. The summed E-state index contributed by atoms with van der Waals surface area (Å²) in [4.78, 5) is 12.1. The Morgan fingerprint density at radius 2 is 1.88 bits per heavy atom. The van der Waals surface area contributed by atoms with Gasteiger partial charge in [0.25, 0.3) is 5.56 Å². The summed E-state index contributed by atoms with van der Waals surface area (Å²) in [5.41, 5.74) is -3.16. The minimum atomic E-state index is -4.59. The molecule has 1 aliphatic heterocycles. The molecule has 1 aliphatic rings. The monoisotopic (exact) mass is 359 g/mol. The fraction of sp³-hybridized carbons (Fsp3) is 0.353. The predicted molar refractivity (Wildman–Crippen MR) is 80.2 cm³/mol. The van der Waals surface area contributed by atoms with Crippen LogP contribution < -0.4 is 10.3 Å². The van der Waals surface area contributed by atoms with E-state index >= 15 is 0 Å². The molecule has 0 radical (unpaired) electrons. The second-order valence-electron chi connectivity index (χ2n) is 5.97. The standard InChI is InChI=1S/C17H14F5NO2/c18-9-16(10-19)8-13(23-6-2-1-3-15(23)24)12-7-11(17(20,21)22)4-5-14(12)25-16/h1-7,13H,8-10H2. The number of aromatic nitrogens is 1. The van der Waals surface area contributed by atoms with Gasteiger partial charge in [0.2, 0.25) is 0 Å². The summed E-state index contributed by atoms with van der Waals surface area (Å²) in [5.74, 6) is -0.0599. The number of halogens is 5. The molecule has 3 nitrogen and oxygen atoms in total. The average molecular weight is 359 g/mol. The maximum atomic E-state index is 13.5. The van der Waals surface area contributed by atoms with Gasteiger partial charge in [0.05, 0.1) is 11.6 Å². The van der Waals surface area contributed by atoms with Crippen LogP contribution in [-0.4, -0.2) is 23.5 Å². The van der Waals surface area contributed by atoms with Gasteiger partial charge >= 0.3 is 6.18 Å². The molecule has 0 spiro atoms. The lowest BCUT2D eigenvalue weighted by molar-refractivity contribution is -0.137. The van der Waals surface area contributed by atoms with Crippen molar-refractivity contribution in [2.45, 2.75) is 24.2 Å². The zero-order chi connectivity index (χ0) is 18.2. The minimum absolute atomic E-state index is 0.0599. The first kappa shape index (κ1) is 17.4. The lowest BCUT2D eigenvalue weighted by atomic mass is 9.87. The molecule has 8 heteroatoms. The molecule has 2 aromatic rings. The number of hydrogen-bond donors (Lipinski definition) is 0. The van der Waals surface area contributed by atoms with Gasteiger partial charge in [-0.05, 0) is 24.3 Å². The van der Waals surface area contributed by atoms with Crippen LogP contribution in [0.4, 0.5) is 22.0 Å². The van der Waals surface area contributed by atoms with Gasteiger partial charge in [-0.2, -0.15) is 13.2 Å². The van der Waals surface area contributed by atoms with Gasteiger partial charge in [0, 0.05) is 24.2 Å². The van der Waals surface area contributed by atoms with Crippen LogP contribution in [0.25, 0.3) is 0 Å². The molecule has 2 heterocycles. The van der Waals surface area contributed by atoms with Crippen molar-refractivity contribution in [3.05, 3.63) is 64.1 Å². The molecule has 0 fully saturated rings. The molecule has 1 atom stereocenters. The number of benzene rings is 1. The molecule has 25 heavy (non-hydrogen) atoms. The van der Waals surface area contributed by atoms with Gasteiger partial charge in [0.1, 0.15) is 19.1 Å². The first-order chi connectivity index (χ1) is 11.8. The van der Waals surface area contributed by atoms with Crippen molar-refractivity contribution in [2.75, 3.05) is 13.3 Å². The fourth-order valence-electron chi connectivity index (χ4n) is 2.96. The highest BCUT2D eigenvalue weighted by Gasteiger charge is 2.44. The molecule has 0 saturated heterocycles. The van der Waals surface area contributed by atoms with E-state index in [4.69, 9.17) is 4.74 Å². The molecular weight excluding hydrogens is 345 g/mol. The van der Waals surface area contributed by atoms with Gasteiger partial charge in [-0.3, -0.25) is 4.79 Å². The summed E-state index contributed by atoms with van der Waals surface area (Å²) in [6, 6.07) is 5.95. The molecular formula is C17H14F5NO2. The lowest BCUT2D eigenvalue weighted by Gasteiger charge is -2.39. The second kappa shape index (κ2) is 6.16. The number of alkyl halides is 5. The summed E-state index contributed by atoms with van der Waals surface area (Å²) in [6.45, 7) is -2.33. The van der Waals surface area contributed by atoms with Crippen molar-refractivity contribution < 1.29 is 26.7 Å². The van der Waals surface area contributed by atoms with E-state index in [-0.39, 0.29) is 17.7 Å². The molecule has 0 bridgehead atoms. The highest BCUT2D eigenvalue weighted by molar-refractivity contribution is 5.43. The van der Waals surface area contributed by atoms with Gasteiger partial charge < -0.3 is 9.30 Å². The van der Waals surface area contributed by atoms with E-state index in [9.17, 15) is 26.7 Å². The van der Waals surface area contributed by atoms with E-state index in [1.807, 2.05) is 0 Å². The number of nitrogens with zero attached hydrogens (tertiary/aromatic N) is 1. The Balaban J connectivity index is 2.20. The van der Waals surface area contributed by atoms with Crippen molar-refractivity contribution in [3.8, 4) is 5.75 Å². The summed E-state index contributed by atoms with van der Waals surface area (Å²) >= 11 is 0. The zero-order valence-electron chi connectivity index (χ0n) is 12.9. The van der Waals surface area contributed by atoms with E-state index in [0.29, 0.717) is 0 Å². The maximum Gasteiger partial charge on any atom is 0.416 e.